The molecule has 0 saturated carbocycles. The number of aromatic nitrogens is 2. The number of pyridine rings is 1. The Balaban J connectivity index is 2.03. The third kappa shape index (κ3) is 3.01. The van der Waals surface area contributed by atoms with Crippen LogP contribution in [0.25, 0.3) is 0 Å². The predicted molar refractivity (Wildman–Crippen MR) is 69.9 cm³/mol. The maximum Gasteiger partial charge on any atom is 0.311 e. The van der Waals surface area contributed by atoms with E-state index in [0.717, 1.165) is 17.1 Å². The monoisotopic (exact) mass is 264 g/mol. The maximum atomic E-state index is 10.8. The Kier molecular flexibility index (Phi) is 3.83. The minimum atomic E-state index is -0.432. The Bertz CT molecular complexity index is 542. The number of hydrogen-bond donors (Lipinski definition) is 1. The standard InChI is InChI=1S/C11H12N4O2S/c1-8-2-3-9(15(16)17)11(14-8)13-5-4-10-12-6-7-18-10/h2-3,6-7H,4-5H2,1H3,(H,13,14). The van der Waals surface area contributed by atoms with Crippen molar-refractivity contribution in [2.45, 2.75) is 13.3 Å². The molecule has 0 aliphatic carbocycles. The Hall–Kier alpha value is -2.02. The smallest absolute Gasteiger partial charge is 0.311 e. The van der Waals surface area contributed by atoms with Crippen molar-refractivity contribution < 1.29 is 4.92 Å². The van der Waals surface area contributed by atoms with Gasteiger partial charge in [0, 0.05) is 36.3 Å². The predicted octanol–water partition coefficient (Wildman–Crippen LogP) is 2.41. The Morgan fingerprint density at radius 1 is 1.50 bits per heavy atom. The van der Waals surface area contributed by atoms with Crippen molar-refractivity contribution in [3.8, 4) is 0 Å². The van der Waals surface area contributed by atoms with Crippen LogP contribution in [0.2, 0.25) is 0 Å². The van der Waals surface area contributed by atoms with Gasteiger partial charge in [-0.1, -0.05) is 0 Å². The van der Waals surface area contributed by atoms with Crippen molar-refractivity contribution in [1.82, 2.24) is 9.97 Å². The number of nitrogens with one attached hydrogen (secondary N) is 1. The molecule has 7 heteroatoms. The van der Waals surface area contributed by atoms with Crippen molar-refractivity contribution in [3.05, 3.63) is 44.5 Å². The highest BCUT2D eigenvalue weighted by atomic mass is 32.1. The summed E-state index contributed by atoms with van der Waals surface area (Å²) in [4.78, 5) is 18.7. The van der Waals surface area contributed by atoms with Gasteiger partial charge in [-0.25, -0.2) is 9.97 Å². The van der Waals surface area contributed by atoms with Gasteiger partial charge in [-0.15, -0.1) is 11.3 Å². The molecule has 0 unspecified atom stereocenters. The number of nitro groups is 1. The molecule has 2 aromatic rings. The molecular weight excluding hydrogens is 252 g/mol. The third-order valence-corrected chi connectivity index (χ3v) is 3.16. The summed E-state index contributed by atoms with van der Waals surface area (Å²) in [5, 5.41) is 16.7. The number of aryl methyl sites for hydroxylation is 1. The van der Waals surface area contributed by atoms with E-state index < -0.39 is 4.92 Å². The molecule has 0 aliphatic rings. The van der Waals surface area contributed by atoms with Crippen LogP contribution in [0, 0.1) is 17.0 Å². The quantitative estimate of drug-likeness (QED) is 0.662. The Labute approximate surface area is 108 Å². The van der Waals surface area contributed by atoms with Gasteiger partial charge in [0.05, 0.1) is 9.93 Å². The van der Waals surface area contributed by atoms with Crippen molar-refractivity contribution in [1.29, 1.82) is 0 Å². The van der Waals surface area contributed by atoms with Gasteiger partial charge < -0.3 is 5.32 Å². The maximum absolute atomic E-state index is 10.8. The molecule has 0 fully saturated rings. The summed E-state index contributed by atoms with van der Waals surface area (Å²) in [5.41, 5.74) is 0.747. The Morgan fingerprint density at radius 2 is 2.33 bits per heavy atom. The lowest BCUT2D eigenvalue weighted by molar-refractivity contribution is -0.384. The molecule has 0 spiro atoms. The van der Waals surface area contributed by atoms with E-state index in [9.17, 15) is 10.1 Å². The van der Waals surface area contributed by atoms with Crippen molar-refractivity contribution in [3.63, 3.8) is 0 Å². The first-order chi connectivity index (χ1) is 8.66. The second-order valence-corrected chi connectivity index (χ2v) is 4.66. The van der Waals surface area contributed by atoms with E-state index >= 15 is 0 Å². The first-order valence-corrected chi connectivity index (χ1v) is 6.29. The summed E-state index contributed by atoms with van der Waals surface area (Å²) in [6.45, 7) is 2.38. The van der Waals surface area contributed by atoms with Crippen LogP contribution < -0.4 is 5.32 Å². The van der Waals surface area contributed by atoms with Gasteiger partial charge in [0.2, 0.25) is 5.82 Å². The van der Waals surface area contributed by atoms with Gasteiger partial charge in [0.1, 0.15) is 0 Å². The molecule has 94 valence electrons. The molecule has 0 bridgehead atoms. The fraction of sp³-hybridized carbons (Fsp3) is 0.273. The first kappa shape index (κ1) is 12.4. The summed E-state index contributed by atoms with van der Waals surface area (Å²) in [6.07, 6.45) is 2.47. The molecule has 2 rings (SSSR count). The fourth-order valence-corrected chi connectivity index (χ4v) is 2.11. The average molecular weight is 264 g/mol. The first-order valence-electron chi connectivity index (χ1n) is 5.41. The van der Waals surface area contributed by atoms with E-state index in [1.165, 1.54) is 6.07 Å². The van der Waals surface area contributed by atoms with Crippen LogP contribution in [0.4, 0.5) is 11.5 Å². The van der Waals surface area contributed by atoms with E-state index in [0.29, 0.717) is 12.4 Å². The number of nitrogens with zero attached hydrogens (tertiary/aromatic N) is 3. The van der Waals surface area contributed by atoms with E-state index in [-0.39, 0.29) is 5.69 Å². The lowest BCUT2D eigenvalue weighted by atomic mass is 10.3. The minimum absolute atomic E-state index is 0.000242. The van der Waals surface area contributed by atoms with Crippen LogP contribution in [0.5, 0.6) is 0 Å². The topological polar surface area (TPSA) is 81.0 Å². The van der Waals surface area contributed by atoms with Gasteiger partial charge >= 0.3 is 5.69 Å². The number of rotatable bonds is 5. The molecule has 1 N–H and O–H groups in total. The molecule has 6 nitrogen and oxygen atoms in total. The van der Waals surface area contributed by atoms with E-state index in [4.69, 9.17) is 0 Å². The molecule has 0 aromatic carbocycles. The molecule has 0 radical (unpaired) electrons. The lowest BCUT2D eigenvalue weighted by Crippen LogP contribution is -2.08. The van der Waals surface area contributed by atoms with Crippen molar-refractivity contribution >= 4 is 22.8 Å². The molecule has 0 saturated heterocycles. The highest BCUT2D eigenvalue weighted by Gasteiger charge is 2.14. The molecule has 0 aliphatic heterocycles. The van der Waals surface area contributed by atoms with E-state index in [1.807, 2.05) is 5.38 Å². The summed E-state index contributed by atoms with van der Waals surface area (Å²) >= 11 is 1.57. The third-order valence-electron chi connectivity index (χ3n) is 2.32. The number of anilines is 1. The normalized spacial score (nSPS) is 10.3. The SMILES string of the molecule is Cc1ccc([N+](=O)[O-])c(NCCc2nccs2)n1. The lowest BCUT2D eigenvalue weighted by Gasteiger charge is -2.05. The van der Waals surface area contributed by atoms with Crippen LogP contribution in [0.15, 0.2) is 23.7 Å². The second-order valence-electron chi connectivity index (χ2n) is 3.68. The van der Waals surface area contributed by atoms with Crippen LogP contribution in [-0.2, 0) is 6.42 Å². The molecule has 18 heavy (non-hydrogen) atoms. The molecule has 0 amide bonds. The molecule has 0 atom stereocenters. The van der Waals surface area contributed by atoms with Crippen molar-refractivity contribution in [2.24, 2.45) is 0 Å². The van der Waals surface area contributed by atoms with E-state index in [2.05, 4.69) is 15.3 Å². The van der Waals surface area contributed by atoms with Crippen LogP contribution in [0.1, 0.15) is 10.7 Å². The average Bonchev–Trinajstić information content (AvgIpc) is 2.82. The van der Waals surface area contributed by atoms with E-state index in [1.54, 1.807) is 30.5 Å². The van der Waals surface area contributed by atoms with Gasteiger partial charge in [-0.2, -0.15) is 0 Å². The molecule has 2 heterocycles. The summed E-state index contributed by atoms with van der Waals surface area (Å²) in [5.74, 6) is 0.316. The summed E-state index contributed by atoms with van der Waals surface area (Å²) < 4.78 is 0. The number of hydrogen-bond acceptors (Lipinski definition) is 6. The largest absolute Gasteiger partial charge is 0.364 e. The van der Waals surface area contributed by atoms with Gasteiger partial charge in [-0.05, 0) is 13.0 Å². The molecular formula is C11H12N4O2S. The minimum Gasteiger partial charge on any atom is -0.364 e. The zero-order valence-electron chi connectivity index (χ0n) is 9.79. The second kappa shape index (κ2) is 5.54. The zero-order chi connectivity index (χ0) is 13.0. The van der Waals surface area contributed by atoms with Crippen LogP contribution >= 0.6 is 11.3 Å². The van der Waals surface area contributed by atoms with Gasteiger partial charge in [-0.3, -0.25) is 10.1 Å². The molecule has 2 aromatic heterocycles. The zero-order valence-corrected chi connectivity index (χ0v) is 10.6. The number of thiazole rings is 1. The summed E-state index contributed by atoms with van der Waals surface area (Å²) in [6, 6.07) is 3.10. The Morgan fingerprint density at radius 3 is 3.00 bits per heavy atom. The van der Waals surface area contributed by atoms with Crippen LogP contribution in [0.3, 0.4) is 0 Å². The van der Waals surface area contributed by atoms with Crippen molar-refractivity contribution in [2.75, 3.05) is 11.9 Å². The van der Waals surface area contributed by atoms with Gasteiger partial charge in [0.25, 0.3) is 0 Å². The van der Waals surface area contributed by atoms with Crippen LogP contribution in [-0.4, -0.2) is 21.4 Å². The summed E-state index contributed by atoms with van der Waals surface area (Å²) in [7, 11) is 0. The highest BCUT2D eigenvalue weighted by molar-refractivity contribution is 7.09. The highest BCUT2D eigenvalue weighted by Crippen LogP contribution is 2.21. The van der Waals surface area contributed by atoms with Gasteiger partial charge in [0.15, 0.2) is 0 Å². The fourth-order valence-electron chi connectivity index (χ4n) is 1.49.